The van der Waals surface area contributed by atoms with Crippen LogP contribution in [0.3, 0.4) is 0 Å². The number of carbonyl (C=O) groups excluding carboxylic acids is 1. The number of aromatic nitrogens is 3. The van der Waals surface area contributed by atoms with E-state index in [0.29, 0.717) is 24.6 Å². The number of piperidine rings is 1. The van der Waals surface area contributed by atoms with Crippen LogP contribution in [0.2, 0.25) is 0 Å². The number of non-ortho nitro benzene ring substituents is 1. The summed E-state index contributed by atoms with van der Waals surface area (Å²) in [7, 11) is 0. The number of likely N-dealkylation sites (tertiary alicyclic amines) is 1. The molecule has 1 saturated heterocycles. The Labute approximate surface area is 166 Å². The van der Waals surface area contributed by atoms with E-state index in [0.717, 1.165) is 12.8 Å². The molecule has 3 aromatic rings. The van der Waals surface area contributed by atoms with Gasteiger partial charge in [-0.25, -0.2) is 9.67 Å². The van der Waals surface area contributed by atoms with Crippen molar-refractivity contribution in [3.05, 3.63) is 76.9 Å². The zero-order valence-corrected chi connectivity index (χ0v) is 15.5. The Morgan fingerprint density at radius 1 is 1.14 bits per heavy atom. The first-order chi connectivity index (χ1) is 14.1. The summed E-state index contributed by atoms with van der Waals surface area (Å²) in [5, 5.41) is 15.4. The Morgan fingerprint density at radius 3 is 2.55 bits per heavy atom. The molecule has 1 aliphatic heterocycles. The third kappa shape index (κ3) is 4.08. The summed E-state index contributed by atoms with van der Waals surface area (Å²) in [6.07, 6.45) is 4.64. The summed E-state index contributed by atoms with van der Waals surface area (Å²) >= 11 is 0. The monoisotopic (exact) mass is 393 g/mol. The van der Waals surface area contributed by atoms with Crippen LogP contribution >= 0.6 is 0 Å². The van der Waals surface area contributed by atoms with Crippen LogP contribution in [-0.4, -0.2) is 43.6 Å². The van der Waals surface area contributed by atoms with Crippen LogP contribution < -0.4 is 4.74 Å². The molecule has 2 heterocycles. The third-order valence-electron chi connectivity index (χ3n) is 4.94. The Hall–Kier alpha value is -3.75. The van der Waals surface area contributed by atoms with Gasteiger partial charge in [-0.15, -0.1) is 0 Å². The van der Waals surface area contributed by atoms with E-state index in [4.69, 9.17) is 4.74 Å². The average molecular weight is 393 g/mol. The minimum Gasteiger partial charge on any atom is -0.457 e. The van der Waals surface area contributed by atoms with Gasteiger partial charge in [-0.05, 0) is 31.0 Å². The van der Waals surface area contributed by atoms with E-state index in [1.54, 1.807) is 28.0 Å². The van der Waals surface area contributed by atoms with E-state index in [9.17, 15) is 14.9 Å². The molecule has 9 heteroatoms. The summed E-state index contributed by atoms with van der Waals surface area (Å²) in [6, 6.07) is 13.3. The van der Waals surface area contributed by atoms with Gasteiger partial charge in [0.2, 0.25) is 0 Å². The maximum absolute atomic E-state index is 13.2. The van der Waals surface area contributed by atoms with Gasteiger partial charge in [0.05, 0.1) is 16.5 Å². The molecule has 0 bridgehead atoms. The molecule has 0 saturated carbocycles. The molecule has 0 spiro atoms. The number of amides is 1. The zero-order valence-electron chi connectivity index (χ0n) is 15.5. The molecular formula is C20H19N5O4. The van der Waals surface area contributed by atoms with Gasteiger partial charge in [0.25, 0.3) is 11.6 Å². The lowest BCUT2D eigenvalue weighted by Crippen LogP contribution is -2.39. The van der Waals surface area contributed by atoms with Crippen molar-refractivity contribution in [3.63, 3.8) is 0 Å². The van der Waals surface area contributed by atoms with Crippen molar-refractivity contribution in [2.24, 2.45) is 0 Å². The van der Waals surface area contributed by atoms with E-state index in [-0.39, 0.29) is 23.2 Å². The highest BCUT2D eigenvalue weighted by atomic mass is 16.6. The molecule has 1 aliphatic rings. The largest absolute Gasteiger partial charge is 0.457 e. The SMILES string of the molecule is O=C(c1cc([N+](=O)[O-])ccc1Oc1ccccc1)N1CCC(n2cncn2)CC1. The molecule has 0 aliphatic carbocycles. The molecule has 4 rings (SSSR count). The Bertz CT molecular complexity index is 999. The second-order valence-corrected chi connectivity index (χ2v) is 6.75. The molecule has 2 aromatic carbocycles. The second kappa shape index (κ2) is 8.09. The molecular weight excluding hydrogens is 374 g/mol. The van der Waals surface area contributed by atoms with Gasteiger partial charge < -0.3 is 9.64 Å². The summed E-state index contributed by atoms with van der Waals surface area (Å²) < 4.78 is 7.65. The lowest BCUT2D eigenvalue weighted by molar-refractivity contribution is -0.384. The maximum Gasteiger partial charge on any atom is 0.270 e. The minimum absolute atomic E-state index is 0.147. The quantitative estimate of drug-likeness (QED) is 0.486. The predicted octanol–water partition coefficient (Wildman–Crippen LogP) is 3.46. The predicted molar refractivity (Wildman–Crippen MR) is 104 cm³/mol. The fraction of sp³-hybridized carbons (Fsp3) is 0.250. The van der Waals surface area contributed by atoms with E-state index in [1.165, 1.54) is 24.5 Å². The highest BCUT2D eigenvalue weighted by Crippen LogP contribution is 2.31. The van der Waals surface area contributed by atoms with Crippen LogP contribution in [0.25, 0.3) is 0 Å². The maximum atomic E-state index is 13.2. The van der Waals surface area contributed by atoms with Gasteiger partial charge in [0, 0.05) is 25.2 Å². The fourth-order valence-corrected chi connectivity index (χ4v) is 3.41. The highest BCUT2D eigenvalue weighted by molar-refractivity contribution is 5.97. The Morgan fingerprint density at radius 2 is 1.90 bits per heavy atom. The summed E-state index contributed by atoms with van der Waals surface area (Å²) in [5.41, 5.74) is 0.0357. The molecule has 0 atom stereocenters. The van der Waals surface area contributed by atoms with Crippen molar-refractivity contribution in [2.45, 2.75) is 18.9 Å². The molecule has 1 aromatic heterocycles. The van der Waals surface area contributed by atoms with E-state index < -0.39 is 4.92 Å². The van der Waals surface area contributed by atoms with Crippen molar-refractivity contribution in [3.8, 4) is 11.5 Å². The summed E-state index contributed by atoms with van der Waals surface area (Å²) in [5.74, 6) is 0.571. The number of nitro benzene ring substituents is 1. The highest BCUT2D eigenvalue weighted by Gasteiger charge is 2.28. The fourth-order valence-electron chi connectivity index (χ4n) is 3.41. The Kier molecular flexibility index (Phi) is 5.19. The van der Waals surface area contributed by atoms with Crippen LogP contribution in [0, 0.1) is 10.1 Å². The molecule has 0 unspecified atom stereocenters. The van der Waals surface area contributed by atoms with E-state index in [2.05, 4.69) is 10.1 Å². The zero-order chi connectivity index (χ0) is 20.2. The topological polar surface area (TPSA) is 103 Å². The van der Waals surface area contributed by atoms with Crippen molar-refractivity contribution < 1.29 is 14.5 Å². The number of ether oxygens (including phenoxy) is 1. The summed E-state index contributed by atoms with van der Waals surface area (Å²) in [6.45, 7) is 1.05. The number of hydrogen-bond donors (Lipinski definition) is 0. The van der Waals surface area contributed by atoms with Gasteiger partial charge >= 0.3 is 0 Å². The molecule has 29 heavy (non-hydrogen) atoms. The van der Waals surface area contributed by atoms with Crippen molar-refractivity contribution in [1.82, 2.24) is 19.7 Å². The van der Waals surface area contributed by atoms with Crippen molar-refractivity contribution in [1.29, 1.82) is 0 Å². The molecule has 1 amide bonds. The minimum atomic E-state index is -0.514. The van der Waals surface area contributed by atoms with Crippen LogP contribution in [0.5, 0.6) is 11.5 Å². The van der Waals surface area contributed by atoms with Gasteiger partial charge in [0.1, 0.15) is 24.2 Å². The average Bonchev–Trinajstić information content (AvgIpc) is 3.29. The standard InChI is InChI=1S/C20H19N5O4/c26-20(23-10-8-15(9-11-23)24-14-21-13-22-24)18-12-16(25(27)28)6-7-19(18)29-17-4-2-1-3-5-17/h1-7,12-15H,8-11H2. The lowest BCUT2D eigenvalue weighted by Gasteiger charge is -2.32. The smallest absolute Gasteiger partial charge is 0.270 e. The Balaban J connectivity index is 1.56. The van der Waals surface area contributed by atoms with E-state index in [1.807, 2.05) is 18.2 Å². The van der Waals surface area contributed by atoms with Gasteiger partial charge in [-0.2, -0.15) is 5.10 Å². The number of nitro groups is 1. The van der Waals surface area contributed by atoms with Gasteiger partial charge in [-0.3, -0.25) is 14.9 Å². The van der Waals surface area contributed by atoms with Crippen molar-refractivity contribution in [2.75, 3.05) is 13.1 Å². The first-order valence-electron chi connectivity index (χ1n) is 9.26. The van der Waals surface area contributed by atoms with Crippen LogP contribution in [0.15, 0.2) is 61.2 Å². The van der Waals surface area contributed by atoms with Crippen LogP contribution in [0.1, 0.15) is 29.2 Å². The number of para-hydroxylation sites is 1. The van der Waals surface area contributed by atoms with Gasteiger partial charge in [0.15, 0.2) is 0 Å². The molecule has 0 N–H and O–H groups in total. The normalized spacial score (nSPS) is 14.6. The number of hydrogen-bond acceptors (Lipinski definition) is 6. The summed E-state index contributed by atoms with van der Waals surface area (Å²) in [4.78, 5) is 29.5. The second-order valence-electron chi connectivity index (χ2n) is 6.75. The molecule has 148 valence electrons. The number of nitrogens with zero attached hydrogens (tertiary/aromatic N) is 5. The third-order valence-corrected chi connectivity index (χ3v) is 4.94. The van der Waals surface area contributed by atoms with Crippen LogP contribution in [0.4, 0.5) is 5.69 Å². The molecule has 1 fully saturated rings. The van der Waals surface area contributed by atoms with E-state index >= 15 is 0 Å². The number of rotatable bonds is 5. The first kappa shape index (κ1) is 18.6. The van der Waals surface area contributed by atoms with Crippen molar-refractivity contribution >= 4 is 11.6 Å². The molecule has 0 radical (unpaired) electrons. The first-order valence-corrected chi connectivity index (χ1v) is 9.26. The number of carbonyl (C=O) groups is 1. The lowest BCUT2D eigenvalue weighted by atomic mass is 10.0. The molecule has 9 nitrogen and oxygen atoms in total. The number of benzene rings is 2. The van der Waals surface area contributed by atoms with Gasteiger partial charge in [-0.1, -0.05) is 18.2 Å². The van der Waals surface area contributed by atoms with Crippen LogP contribution in [-0.2, 0) is 0 Å².